The van der Waals surface area contributed by atoms with Gasteiger partial charge in [0, 0.05) is 25.2 Å². The van der Waals surface area contributed by atoms with Crippen molar-refractivity contribution in [3.8, 4) is 0 Å². The van der Waals surface area contributed by atoms with Gasteiger partial charge in [0.1, 0.15) is 0 Å². The molecule has 0 unspecified atom stereocenters. The van der Waals surface area contributed by atoms with E-state index in [9.17, 15) is 4.79 Å². The van der Waals surface area contributed by atoms with Gasteiger partial charge < -0.3 is 15.4 Å². The fourth-order valence-electron chi connectivity index (χ4n) is 3.80. The van der Waals surface area contributed by atoms with Crippen molar-refractivity contribution < 1.29 is 9.53 Å². The minimum Gasteiger partial charge on any atom is -0.375 e. The molecule has 1 aliphatic carbocycles. The van der Waals surface area contributed by atoms with Gasteiger partial charge in [-0.25, -0.2) is 0 Å². The summed E-state index contributed by atoms with van der Waals surface area (Å²) < 4.78 is 6.29. The summed E-state index contributed by atoms with van der Waals surface area (Å²) in [6, 6.07) is 7.65. The Morgan fingerprint density at radius 1 is 1.04 bits per heavy atom. The van der Waals surface area contributed by atoms with E-state index in [1.54, 1.807) is 0 Å². The lowest BCUT2D eigenvalue weighted by molar-refractivity contribution is -0.0570. The molecule has 0 atom stereocenters. The number of hydrogen-bond donors (Lipinski definition) is 1. The monoisotopic (exact) mass is 366 g/mol. The lowest BCUT2D eigenvalue weighted by atomic mass is 9.88. The molecule has 1 aliphatic heterocycles. The lowest BCUT2D eigenvalue weighted by Gasteiger charge is -2.35. The number of ether oxygens (including phenoxy) is 1. The van der Waals surface area contributed by atoms with E-state index >= 15 is 0 Å². The van der Waals surface area contributed by atoms with E-state index in [0.29, 0.717) is 18.8 Å². The molecule has 5 heteroatoms. The summed E-state index contributed by atoms with van der Waals surface area (Å²) in [5, 5.41) is 0. The highest BCUT2D eigenvalue weighted by molar-refractivity contribution is 5.94. The van der Waals surface area contributed by atoms with Crippen LogP contribution in [0.4, 0.5) is 0 Å². The highest BCUT2D eigenvalue weighted by Gasteiger charge is 2.27. The molecule has 0 bridgehead atoms. The third-order valence-corrected chi connectivity index (χ3v) is 5.51. The van der Waals surface area contributed by atoms with E-state index in [-0.39, 0.29) is 18.3 Å². The Bertz CT molecular complexity index is 533. The van der Waals surface area contributed by atoms with Crippen molar-refractivity contribution in [2.24, 2.45) is 11.7 Å². The van der Waals surface area contributed by atoms with Gasteiger partial charge in [0.25, 0.3) is 5.91 Å². The van der Waals surface area contributed by atoms with E-state index in [1.807, 2.05) is 29.2 Å². The quantitative estimate of drug-likeness (QED) is 0.882. The van der Waals surface area contributed by atoms with E-state index in [4.69, 9.17) is 10.5 Å². The Morgan fingerprint density at radius 3 is 2.16 bits per heavy atom. The summed E-state index contributed by atoms with van der Waals surface area (Å²) in [5.41, 5.74) is 7.42. The van der Waals surface area contributed by atoms with Crippen molar-refractivity contribution in [1.29, 1.82) is 0 Å². The fourth-order valence-corrected chi connectivity index (χ4v) is 3.80. The molecule has 4 nitrogen and oxygen atoms in total. The van der Waals surface area contributed by atoms with Gasteiger partial charge in [-0.05, 0) is 62.1 Å². The van der Waals surface area contributed by atoms with Crippen molar-refractivity contribution in [2.75, 3.05) is 13.1 Å². The van der Waals surface area contributed by atoms with Crippen molar-refractivity contribution in [3.05, 3.63) is 35.4 Å². The van der Waals surface area contributed by atoms with E-state index in [1.165, 1.54) is 25.7 Å². The molecule has 2 N–H and O–H groups in total. The maximum atomic E-state index is 12.6. The lowest BCUT2D eigenvalue weighted by Crippen LogP contribution is -2.42. The number of carbonyl (C=O) groups is 1. The Hall–Kier alpha value is -1.10. The van der Waals surface area contributed by atoms with Gasteiger partial charge >= 0.3 is 0 Å². The molecule has 1 heterocycles. The second kappa shape index (κ2) is 9.56. The van der Waals surface area contributed by atoms with Crippen LogP contribution < -0.4 is 5.73 Å². The van der Waals surface area contributed by atoms with Crippen molar-refractivity contribution >= 4 is 18.3 Å². The van der Waals surface area contributed by atoms with Gasteiger partial charge in [-0.15, -0.1) is 12.4 Å². The zero-order chi connectivity index (χ0) is 16.9. The first-order valence-corrected chi connectivity index (χ1v) is 9.39. The number of nitrogens with two attached hydrogens (primary N) is 1. The standard InChI is InChI=1S/C20H30N2O2.ClH/c1-15-2-8-18(9-3-15)24-19-10-12-22(13-11-19)20(23)17-6-4-16(14-21)5-7-17;/h4-7,15,18-19H,2-3,8-14,21H2,1H3;1H. The van der Waals surface area contributed by atoms with Gasteiger partial charge in [0.15, 0.2) is 0 Å². The van der Waals surface area contributed by atoms with Crippen LogP contribution >= 0.6 is 12.4 Å². The van der Waals surface area contributed by atoms with Crippen LogP contribution in [0.1, 0.15) is 61.4 Å². The second-order valence-corrected chi connectivity index (χ2v) is 7.41. The topological polar surface area (TPSA) is 55.6 Å². The van der Waals surface area contributed by atoms with Crippen LogP contribution in [0.5, 0.6) is 0 Å². The fraction of sp³-hybridized carbons (Fsp3) is 0.650. The Balaban J connectivity index is 0.00000225. The molecular formula is C20H31ClN2O2. The number of hydrogen-bond acceptors (Lipinski definition) is 3. The molecule has 1 saturated carbocycles. The molecule has 140 valence electrons. The normalized spacial score (nSPS) is 24.6. The minimum absolute atomic E-state index is 0. The third-order valence-electron chi connectivity index (χ3n) is 5.51. The van der Waals surface area contributed by atoms with Gasteiger partial charge in [-0.2, -0.15) is 0 Å². The van der Waals surface area contributed by atoms with Crippen LogP contribution in [-0.4, -0.2) is 36.1 Å². The predicted octanol–water partition coefficient (Wildman–Crippen LogP) is 3.77. The second-order valence-electron chi connectivity index (χ2n) is 7.41. The first-order valence-electron chi connectivity index (χ1n) is 9.39. The van der Waals surface area contributed by atoms with Gasteiger partial charge in [0.05, 0.1) is 12.2 Å². The number of nitrogens with zero attached hydrogens (tertiary/aromatic N) is 1. The van der Waals surface area contributed by atoms with Crippen LogP contribution in [0.2, 0.25) is 0 Å². The summed E-state index contributed by atoms with van der Waals surface area (Å²) in [7, 11) is 0. The first kappa shape index (κ1) is 20.2. The van der Waals surface area contributed by atoms with Crippen LogP contribution in [0.15, 0.2) is 24.3 Å². The molecule has 0 radical (unpaired) electrons. The molecule has 2 fully saturated rings. The summed E-state index contributed by atoms with van der Waals surface area (Å²) in [4.78, 5) is 14.5. The number of halogens is 1. The number of piperidine rings is 1. The largest absolute Gasteiger partial charge is 0.375 e. The molecule has 1 amide bonds. The average Bonchev–Trinajstić information content (AvgIpc) is 2.64. The highest BCUT2D eigenvalue weighted by Crippen LogP contribution is 2.28. The zero-order valence-electron chi connectivity index (χ0n) is 15.2. The summed E-state index contributed by atoms with van der Waals surface area (Å²) >= 11 is 0. The van der Waals surface area contributed by atoms with Gasteiger partial charge in [0.2, 0.25) is 0 Å². The molecule has 1 saturated heterocycles. The van der Waals surface area contributed by atoms with Crippen LogP contribution in [0.3, 0.4) is 0 Å². The van der Waals surface area contributed by atoms with Crippen LogP contribution in [0, 0.1) is 5.92 Å². The van der Waals surface area contributed by atoms with E-state index in [2.05, 4.69) is 6.92 Å². The van der Waals surface area contributed by atoms with E-state index < -0.39 is 0 Å². The van der Waals surface area contributed by atoms with Crippen molar-refractivity contribution in [1.82, 2.24) is 4.90 Å². The number of rotatable bonds is 4. The third kappa shape index (κ3) is 5.44. The molecule has 1 aromatic rings. The average molecular weight is 367 g/mol. The Morgan fingerprint density at radius 2 is 1.60 bits per heavy atom. The maximum Gasteiger partial charge on any atom is 0.253 e. The predicted molar refractivity (Wildman–Crippen MR) is 103 cm³/mol. The summed E-state index contributed by atoms with van der Waals surface area (Å²) in [5.74, 6) is 0.985. The van der Waals surface area contributed by atoms with Crippen molar-refractivity contribution in [3.63, 3.8) is 0 Å². The number of likely N-dealkylation sites (tertiary alicyclic amines) is 1. The minimum atomic E-state index is 0. The Kier molecular flexibility index (Phi) is 7.73. The molecule has 3 rings (SSSR count). The summed E-state index contributed by atoms with van der Waals surface area (Å²) in [6.45, 7) is 4.44. The van der Waals surface area contributed by atoms with Crippen molar-refractivity contribution in [2.45, 2.75) is 64.2 Å². The molecule has 0 spiro atoms. The maximum absolute atomic E-state index is 12.6. The zero-order valence-corrected chi connectivity index (χ0v) is 16.0. The summed E-state index contributed by atoms with van der Waals surface area (Å²) in [6.07, 6.45) is 7.67. The van der Waals surface area contributed by atoms with Crippen LogP contribution in [-0.2, 0) is 11.3 Å². The SMILES string of the molecule is CC1CCC(OC2CCN(C(=O)c3ccc(CN)cc3)CC2)CC1.Cl. The molecule has 1 aromatic carbocycles. The number of benzene rings is 1. The van der Waals surface area contributed by atoms with Crippen LogP contribution in [0.25, 0.3) is 0 Å². The highest BCUT2D eigenvalue weighted by atomic mass is 35.5. The van der Waals surface area contributed by atoms with E-state index in [0.717, 1.165) is 43.0 Å². The molecule has 0 aromatic heterocycles. The first-order chi connectivity index (χ1) is 11.7. The molecule has 2 aliphatic rings. The van der Waals surface area contributed by atoms with Gasteiger partial charge in [-0.3, -0.25) is 4.79 Å². The number of carbonyl (C=O) groups excluding carboxylic acids is 1. The molecular weight excluding hydrogens is 336 g/mol. The smallest absolute Gasteiger partial charge is 0.253 e. The number of amides is 1. The Labute approximate surface area is 157 Å². The molecule has 25 heavy (non-hydrogen) atoms. The van der Waals surface area contributed by atoms with Gasteiger partial charge in [-0.1, -0.05) is 19.1 Å².